The summed E-state index contributed by atoms with van der Waals surface area (Å²) < 4.78 is 5.92. The third kappa shape index (κ3) is 2.04. The number of anilines is 1. The van der Waals surface area contributed by atoms with Crippen LogP contribution >= 0.6 is 0 Å². The van der Waals surface area contributed by atoms with Crippen LogP contribution in [0.5, 0.6) is 5.75 Å². The van der Waals surface area contributed by atoms with Crippen LogP contribution < -0.4 is 10.5 Å². The molecule has 1 unspecified atom stereocenters. The van der Waals surface area contributed by atoms with Gasteiger partial charge in [-0.25, -0.2) is 4.98 Å². The number of nitrogens with zero attached hydrogens (tertiary/aromatic N) is 1. The number of pyridine rings is 1. The number of fused-ring (bicyclic) bond motifs is 1. The van der Waals surface area contributed by atoms with Crippen LogP contribution in [0.3, 0.4) is 0 Å². The minimum absolute atomic E-state index is 0.174. The van der Waals surface area contributed by atoms with Crippen molar-refractivity contribution < 1.29 is 4.74 Å². The van der Waals surface area contributed by atoms with E-state index >= 15 is 0 Å². The summed E-state index contributed by atoms with van der Waals surface area (Å²) in [6, 6.07) is 10.3. The van der Waals surface area contributed by atoms with Crippen LogP contribution in [0.1, 0.15) is 16.7 Å². The highest BCUT2D eigenvalue weighted by molar-refractivity contribution is 5.43. The highest BCUT2D eigenvalue weighted by Gasteiger charge is 2.23. The third-order valence-corrected chi connectivity index (χ3v) is 3.30. The van der Waals surface area contributed by atoms with E-state index in [-0.39, 0.29) is 6.10 Å². The lowest BCUT2D eigenvalue weighted by Gasteiger charge is -2.12. The zero-order valence-corrected chi connectivity index (χ0v) is 10.4. The molecule has 92 valence electrons. The Balaban J connectivity index is 1.78. The Labute approximate surface area is 107 Å². The first kappa shape index (κ1) is 11.1. The molecule has 0 saturated carbocycles. The Morgan fingerprint density at radius 3 is 3.06 bits per heavy atom. The van der Waals surface area contributed by atoms with Gasteiger partial charge >= 0.3 is 0 Å². The maximum absolute atomic E-state index is 5.92. The number of hydrogen-bond donors (Lipinski definition) is 1. The Bertz CT molecular complexity index is 555. The van der Waals surface area contributed by atoms with Crippen molar-refractivity contribution in [3.8, 4) is 5.75 Å². The Morgan fingerprint density at radius 2 is 2.22 bits per heavy atom. The van der Waals surface area contributed by atoms with Gasteiger partial charge in [0.1, 0.15) is 17.7 Å². The Morgan fingerprint density at radius 1 is 1.39 bits per heavy atom. The topological polar surface area (TPSA) is 48.1 Å². The van der Waals surface area contributed by atoms with Gasteiger partial charge in [-0.15, -0.1) is 0 Å². The monoisotopic (exact) mass is 240 g/mol. The van der Waals surface area contributed by atoms with E-state index in [1.807, 2.05) is 25.1 Å². The SMILES string of the molecule is Cc1cnc(N)c(CC2Cc3ccccc3O2)c1. The van der Waals surface area contributed by atoms with Crippen molar-refractivity contribution in [3.05, 3.63) is 53.2 Å². The second-order valence-corrected chi connectivity index (χ2v) is 4.81. The third-order valence-electron chi connectivity index (χ3n) is 3.30. The number of aromatic nitrogens is 1. The summed E-state index contributed by atoms with van der Waals surface area (Å²) in [5, 5.41) is 0. The molecular weight excluding hydrogens is 224 g/mol. The van der Waals surface area contributed by atoms with E-state index < -0.39 is 0 Å². The van der Waals surface area contributed by atoms with Crippen molar-refractivity contribution in [2.45, 2.75) is 25.9 Å². The number of hydrogen-bond acceptors (Lipinski definition) is 3. The maximum Gasteiger partial charge on any atom is 0.126 e. The predicted molar refractivity (Wildman–Crippen MR) is 71.7 cm³/mol. The number of nitrogens with two attached hydrogens (primary N) is 1. The van der Waals surface area contributed by atoms with Crippen LogP contribution in [-0.4, -0.2) is 11.1 Å². The van der Waals surface area contributed by atoms with Gasteiger partial charge in [0.15, 0.2) is 0 Å². The van der Waals surface area contributed by atoms with E-state index in [2.05, 4.69) is 17.1 Å². The molecule has 1 aromatic carbocycles. The first-order valence-electron chi connectivity index (χ1n) is 6.18. The van der Waals surface area contributed by atoms with E-state index in [9.17, 15) is 0 Å². The molecule has 1 aromatic heterocycles. The minimum Gasteiger partial charge on any atom is -0.489 e. The number of aryl methyl sites for hydroxylation is 1. The second-order valence-electron chi connectivity index (χ2n) is 4.81. The van der Waals surface area contributed by atoms with E-state index in [0.717, 1.165) is 29.7 Å². The molecule has 3 heteroatoms. The van der Waals surface area contributed by atoms with E-state index in [0.29, 0.717) is 5.82 Å². The Kier molecular flexibility index (Phi) is 2.67. The van der Waals surface area contributed by atoms with E-state index in [1.165, 1.54) is 5.56 Å². The molecule has 0 bridgehead atoms. The molecule has 2 aromatic rings. The smallest absolute Gasteiger partial charge is 0.126 e. The normalized spacial score (nSPS) is 17.3. The van der Waals surface area contributed by atoms with Gasteiger partial charge in [-0.3, -0.25) is 0 Å². The fourth-order valence-electron chi connectivity index (χ4n) is 2.42. The van der Waals surface area contributed by atoms with Gasteiger partial charge in [0.25, 0.3) is 0 Å². The van der Waals surface area contributed by atoms with Crippen molar-refractivity contribution in [3.63, 3.8) is 0 Å². The van der Waals surface area contributed by atoms with Crippen molar-refractivity contribution in [2.75, 3.05) is 5.73 Å². The molecule has 0 spiro atoms. The average Bonchev–Trinajstić information content (AvgIpc) is 2.76. The van der Waals surface area contributed by atoms with E-state index in [4.69, 9.17) is 10.5 Å². The van der Waals surface area contributed by atoms with Gasteiger partial charge in [-0.05, 0) is 29.7 Å². The van der Waals surface area contributed by atoms with Crippen molar-refractivity contribution in [1.29, 1.82) is 0 Å². The Hall–Kier alpha value is -2.03. The fraction of sp³-hybridized carbons (Fsp3) is 0.267. The van der Waals surface area contributed by atoms with Gasteiger partial charge in [-0.1, -0.05) is 24.3 Å². The first-order valence-corrected chi connectivity index (χ1v) is 6.18. The largest absolute Gasteiger partial charge is 0.489 e. The van der Waals surface area contributed by atoms with Crippen molar-refractivity contribution >= 4 is 5.82 Å². The molecule has 0 radical (unpaired) electrons. The van der Waals surface area contributed by atoms with Gasteiger partial charge in [0.05, 0.1) is 0 Å². The van der Waals surface area contributed by atoms with Crippen LogP contribution in [0.15, 0.2) is 36.5 Å². The molecule has 1 atom stereocenters. The number of para-hydroxylation sites is 1. The molecule has 3 nitrogen and oxygen atoms in total. The van der Waals surface area contributed by atoms with Crippen molar-refractivity contribution in [2.24, 2.45) is 0 Å². The summed E-state index contributed by atoms with van der Waals surface area (Å²) in [4.78, 5) is 4.19. The molecule has 2 N–H and O–H groups in total. The number of rotatable bonds is 2. The molecule has 2 heterocycles. The second kappa shape index (κ2) is 4.33. The standard InChI is InChI=1S/C15H16N2O/c1-10-6-12(15(16)17-9-10)8-13-7-11-4-2-3-5-14(11)18-13/h2-6,9,13H,7-8H2,1H3,(H2,16,17). The summed E-state index contributed by atoms with van der Waals surface area (Å²) in [6.45, 7) is 2.03. The van der Waals surface area contributed by atoms with Crippen LogP contribution in [0.4, 0.5) is 5.82 Å². The molecule has 3 rings (SSSR count). The van der Waals surface area contributed by atoms with Crippen molar-refractivity contribution in [1.82, 2.24) is 4.98 Å². The lowest BCUT2D eigenvalue weighted by molar-refractivity contribution is 0.233. The molecule has 0 amide bonds. The van der Waals surface area contributed by atoms with Gasteiger partial charge in [-0.2, -0.15) is 0 Å². The summed E-state index contributed by atoms with van der Waals surface area (Å²) in [7, 11) is 0. The summed E-state index contributed by atoms with van der Waals surface area (Å²) in [5.41, 5.74) is 9.40. The van der Waals surface area contributed by atoms with Gasteiger partial charge in [0.2, 0.25) is 0 Å². The van der Waals surface area contributed by atoms with Crippen LogP contribution in [0, 0.1) is 6.92 Å². The molecule has 0 saturated heterocycles. The molecule has 1 aliphatic heterocycles. The quantitative estimate of drug-likeness (QED) is 0.877. The molecule has 0 fully saturated rings. The molecule has 1 aliphatic rings. The van der Waals surface area contributed by atoms with Crippen LogP contribution in [-0.2, 0) is 12.8 Å². The first-order chi connectivity index (χ1) is 8.72. The zero-order valence-electron chi connectivity index (χ0n) is 10.4. The summed E-state index contributed by atoms with van der Waals surface area (Å²) in [6.07, 6.45) is 3.73. The van der Waals surface area contributed by atoms with Crippen LogP contribution in [0.25, 0.3) is 0 Å². The van der Waals surface area contributed by atoms with E-state index in [1.54, 1.807) is 6.20 Å². The molecular formula is C15H16N2O. The summed E-state index contributed by atoms with van der Waals surface area (Å²) >= 11 is 0. The van der Waals surface area contributed by atoms with Crippen LogP contribution in [0.2, 0.25) is 0 Å². The predicted octanol–water partition coefficient (Wildman–Crippen LogP) is 2.52. The van der Waals surface area contributed by atoms with Gasteiger partial charge in [0, 0.05) is 19.0 Å². The number of ether oxygens (including phenoxy) is 1. The number of benzene rings is 1. The summed E-state index contributed by atoms with van der Waals surface area (Å²) in [5.74, 6) is 1.61. The molecule has 0 aliphatic carbocycles. The zero-order chi connectivity index (χ0) is 12.5. The number of nitrogen functional groups attached to an aromatic ring is 1. The fourth-order valence-corrected chi connectivity index (χ4v) is 2.42. The highest BCUT2D eigenvalue weighted by atomic mass is 16.5. The minimum atomic E-state index is 0.174. The maximum atomic E-state index is 5.92. The van der Waals surface area contributed by atoms with Gasteiger partial charge < -0.3 is 10.5 Å². The molecule has 18 heavy (non-hydrogen) atoms. The highest BCUT2D eigenvalue weighted by Crippen LogP contribution is 2.30. The lowest BCUT2D eigenvalue weighted by atomic mass is 10.0. The lowest BCUT2D eigenvalue weighted by Crippen LogP contribution is -2.17. The average molecular weight is 240 g/mol.